The summed E-state index contributed by atoms with van der Waals surface area (Å²) in [6.07, 6.45) is 5.30. The summed E-state index contributed by atoms with van der Waals surface area (Å²) >= 11 is 0. The fourth-order valence-corrected chi connectivity index (χ4v) is 3.81. The number of hydrogen-bond acceptors (Lipinski definition) is 7. The van der Waals surface area contributed by atoms with Crippen LogP contribution in [0.4, 0.5) is 22.7 Å². The number of nitrogens with zero attached hydrogens (tertiary/aromatic N) is 3. The number of hydrogen-bond donors (Lipinski definition) is 4. The maximum absolute atomic E-state index is 12.6. The monoisotopic (exact) mass is 504 g/mol. The van der Waals surface area contributed by atoms with Crippen LogP contribution in [-0.4, -0.2) is 82.3 Å². The van der Waals surface area contributed by atoms with Gasteiger partial charge in [0.05, 0.1) is 50.5 Å². The number of benzene rings is 2. The Morgan fingerprint density at radius 2 is 1.41 bits per heavy atom. The molecule has 2 aromatic rings. The van der Waals surface area contributed by atoms with Gasteiger partial charge in [0.2, 0.25) is 5.78 Å². The molecule has 0 atom stereocenters. The number of ketones is 1. The average Bonchev–Trinajstić information content (AvgIpc) is 2.84. The molecular formula is C29H42N7O+. The Labute approximate surface area is 221 Å². The van der Waals surface area contributed by atoms with Gasteiger partial charge in [-0.15, -0.1) is 0 Å². The van der Waals surface area contributed by atoms with E-state index in [1.54, 1.807) is 6.08 Å². The fraction of sp³-hybridized carbons (Fsp3) is 0.379. The summed E-state index contributed by atoms with van der Waals surface area (Å²) in [4.78, 5) is 19.4. The smallest absolute Gasteiger partial charge is 0.204 e. The summed E-state index contributed by atoms with van der Waals surface area (Å²) in [5.74, 6) is -0.171. The average molecular weight is 505 g/mol. The van der Waals surface area contributed by atoms with Crippen molar-refractivity contribution in [3.63, 3.8) is 0 Å². The molecule has 0 heterocycles. The molecule has 0 bridgehead atoms. The van der Waals surface area contributed by atoms with E-state index in [0.717, 1.165) is 66.3 Å². The van der Waals surface area contributed by atoms with Crippen LogP contribution in [0.5, 0.6) is 0 Å². The van der Waals surface area contributed by atoms with Crippen molar-refractivity contribution in [1.29, 1.82) is 0 Å². The van der Waals surface area contributed by atoms with Gasteiger partial charge in [-0.2, -0.15) is 0 Å². The first-order valence-corrected chi connectivity index (χ1v) is 12.8. The molecular weight excluding hydrogens is 462 g/mol. The maximum atomic E-state index is 12.6. The van der Waals surface area contributed by atoms with Gasteiger partial charge in [-0.05, 0) is 81.7 Å². The van der Waals surface area contributed by atoms with Crippen molar-refractivity contribution in [1.82, 2.24) is 4.90 Å². The van der Waals surface area contributed by atoms with Gasteiger partial charge in [-0.1, -0.05) is 0 Å². The third kappa shape index (κ3) is 9.74. The van der Waals surface area contributed by atoms with E-state index in [1.807, 2.05) is 48.5 Å². The van der Waals surface area contributed by atoms with E-state index >= 15 is 0 Å². The molecule has 198 valence electrons. The lowest BCUT2D eigenvalue weighted by Gasteiger charge is -2.23. The Balaban J connectivity index is 1.59. The fourth-order valence-electron chi connectivity index (χ4n) is 3.81. The van der Waals surface area contributed by atoms with E-state index < -0.39 is 0 Å². The molecule has 0 aliphatic heterocycles. The molecule has 0 radical (unpaired) electrons. The maximum Gasteiger partial charge on any atom is 0.204 e. The van der Waals surface area contributed by atoms with Crippen LogP contribution in [0.1, 0.15) is 12.8 Å². The lowest BCUT2D eigenvalue weighted by molar-refractivity contribution is -0.870. The minimum Gasteiger partial charge on any atom is -0.397 e. The summed E-state index contributed by atoms with van der Waals surface area (Å²) in [6.45, 7) is 3.99. The molecule has 0 spiro atoms. The number of rotatable bonds is 13. The van der Waals surface area contributed by atoms with Crippen LogP contribution in [0.3, 0.4) is 0 Å². The van der Waals surface area contributed by atoms with E-state index in [2.05, 4.69) is 61.1 Å². The van der Waals surface area contributed by atoms with Crippen molar-refractivity contribution in [3.8, 4) is 0 Å². The number of allylic oxidation sites excluding steroid dienone is 2. The van der Waals surface area contributed by atoms with Crippen LogP contribution in [0.2, 0.25) is 0 Å². The molecule has 0 unspecified atom stereocenters. The zero-order valence-electron chi connectivity index (χ0n) is 22.8. The van der Waals surface area contributed by atoms with Crippen LogP contribution >= 0.6 is 0 Å². The molecule has 3 rings (SSSR count). The molecule has 0 saturated carbocycles. The lowest BCUT2D eigenvalue weighted by atomic mass is 10.1. The van der Waals surface area contributed by atoms with Gasteiger partial charge in [0.1, 0.15) is 0 Å². The first kappa shape index (κ1) is 28.0. The van der Waals surface area contributed by atoms with E-state index in [9.17, 15) is 4.79 Å². The zero-order valence-corrected chi connectivity index (χ0v) is 22.8. The van der Waals surface area contributed by atoms with Gasteiger partial charge in [0, 0.05) is 42.6 Å². The van der Waals surface area contributed by atoms with Gasteiger partial charge in [-0.3, -0.25) is 4.79 Å². The van der Waals surface area contributed by atoms with Crippen LogP contribution in [0.15, 0.2) is 77.1 Å². The second-order valence-corrected chi connectivity index (χ2v) is 10.6. The Kier molecular flexibility index (Phi) is 9.88. The predicted octanol–water partition coefficient (Wildman–Crippen LogP) is 4.05. The van der Waals surface area contributed by atoms with Crippen molar-refractivity contribution < 1.29 is 9.28 Å². The Morgan fingerprint density at radius 1 is 0.838 bits per heavy atom. The van der Waals surface area contributed by atoms with Crippen molar-refractivity contribution >= 4 is 34.2 Å². The molecule has 8 heteroatoms. The van der Waals surface area contributed by atoms with Gasteiger partial charge >= 0.3 is 0 Å². The Bertz CT molecular complexity index is 1120. The van der Waals surface area contributed by atoms with E-state index in [1.165, 1.54) is 6.08 Å². The molecule has 0 aromatic heterocycles. The summed E-state index contributed by atoms with van der Waals surface area (Å²) in [7, 11) is 10.7. The molecule has 0 saturated heterocycles. The number of anilines is 3. The summed E-state index contributed by atoms with van der Waals surface area (Å²) in [6, 6.07) is 15.8. The van der Waals surface area contributed by atoms with Crippen molar-refractivity contribution in [3.05, 3.63) is 72.1 Å². The zero-order chi connectivity index (χ0) is 26.8. The van der Waals surface area contributed by atoms with Crippen molar-refractivity contribution in [2.75, 3.05) is 77.4 Å². The van der Waals surface area contributed by atoms with Crippen LogP contribution in [0.25, 0.3) is 0 Å². The molecule has 8 nitrogen and oxygen atoms in total. The SMILES string of the molecule is CN(C)CCCNc1ccc(NC2=C/C(=N\c3ccc(NCCC[N+](C)(C)C)cc3)C(N)=CC2=O)cc1. The third-order valence-electron chi connectivity index (χ3n) is 5.86. The Morgan fingerprint density at radius 3 is 2.00 bits per heavy atom. The molecule has 37 heavy (non-hydrogen) atoms. The quantitative estimate of drug-likeness (QED) is 0.187. The number of quaternary nitrogens is 1. The molecule has 0 amide bonds. The van der Waals surface area contributed by atoms with Crippen LogP contribution in [-0.2, 0) is 4.79 Å². The van der Waals surface area contributed by atoms with E-state index in [-0.39, 0.29) is 5.78 Å². The third-order valence-corrected chi connectivity index (χ3v) is 5.86. The first-order valence-electron chi connectivity index (χ1n) is 12.8. The molecule has 5 N–H and O–H groups in total. The highest BCUT2D eigenvalue weighted by Gasteiger charge is 2.17. The molecule has 1 aliphatic carbocycles. The van der Waals surface area contributed by atoms with E-state index in [0.29, 0.717) is 17.1 Å². The van der Waals surface area contributed by atoms with Gasteiger partial charge in [0.25, 0.3) is 0 Å². The van der Waals surface area contributed by atoms with Crippen molar-refractivity contribution in [2.45, 2.75) is 12.8 Å². The van der Waals surface area contributed by atoms with E-state index in [4.69, 9.17) is 5.73 Å². The number of aliphatic imine (C=N–C) groups is 1. The number of nitrogens with one attached hydrogen (secondary N) is 3. The highest BCUT2D eigenvalue weighted by Crippen LogP contribution is 2.21. The molecule has 0 fully saturated rings. The van der Waals surface area contributed by atoms with Gasteiger partial charge in [0.15, 0.2) is 0 Å². The second-order valence-electron chi connectivity index (χ2n) is 10.6. The first-order chi connectivity index (χ1) is 17.6. The Hall–Kier alpha value is -3.62. The number of carbonyl (C=O) groups excluding carboxylic acids is 1. The minimum absolute atomic E-state index is 0.171. The second kappa shape index (κ2) is 13.1. The largest absolute Gasteiger partial charge is 0.397 e. The van der Waals surface area contributed by atoms with Crippen LogP contribution in [0, 0.1) is 0 Å². The summed E-state index contributed by atoms with van der Waals surface area (Å²) in [5, 5.41) is 10.1. The minimum atomic E-state index is -0.171. The molecule has 1 aliphatic rings. The normalized spacial score (nSPS) is 15.0. The standard InChI is InChI=1S/C29H41N7O/c1-35(2)18-6-16-31-22-10-14-25(15-11-22)34-28-21-27(26(30)20-29(28)37)33-24-12-8-23(9-13-24)32-17-7-19-36(3,4)5/h8-15,20-21H,6-7,16-19H2,1-5H3,(H4-,30,31,32,33,34,37)/p+1. The number of nitrogens with two attached hydrogens (primary N) is 1. The lowest BCUT2D eigenvalue weighted by Crippen LogP contribution is -2.36. The topological polar surface area (TPSA) is 94.8 Å². The highest BCUT2D eigenvalue weighted by molar-refractivity contribution is 6.23. The van der Waals surface area contributed by atoms with Gasteiger partial charge in [-0.25, -0.2) is 4.99 Å². The molecule has 2 aromatic carbocycles. The summed E-state index contributed by atoms with van der Waals surface area (Å²) in [5.41, 5.74) is 11.2. The highest BCUT2D eigenvalue weighted by atomic mass is 16.1. The number of carbonyl (C=O) groups is 1. The van der Waals surface area contributed by atoms with Crippen molar-refractivity contribution in [2.24, 2.45) is 10.7 Å². The van der Waals surface area contributed by atoms with Gasteiger partial charge < -0.3 is 31.1 Å². The summed E-state index contributed by atoms with van der Waals surface area (Å²) < 4.78 is 0.958. The predicted molar refractivity (Wildman–Crippen MR) is 157 cm³/mol. The van der Waals surface area contributed by atoms with Crippen LogP contribution < -0.4 is 21.7 Å².